The third kappa shape index (κ3) is 5.85. The number of sulfonamides is 1. The molecule has 1 aliphatic heterocycles. The van der Waals surface area contributed by atoms with Gasteiger partial charge < -0.3 is 9.64 Å². The highest BCUT2D eigenvalue weighted by molar-refractivity contribution is 7.92. The standard InChI is InChI=1S/C19H30N2O6S2/c1-6-21(28(5,23)24)15-7-9-16(10-8-15)29(25,26)17-11-13-20(14-12-17)18(22)27-19(2,3)4/h7-10,17H,6,11-14H2,1-5H3. The summed E-state index contributed by atoms with van der Waals surface area (Å²) in [6.07, 6.45) is 1.33. The summed E-state index contributed by atoms with van der Waals surface area (Å²) in [7, 11) is -7.01. The van der Waals surface area contributed by atoms with E-state index in [4.69, 9.17) is 4.74 Å². The first-order chi connectivity index (χ1) is 13.3. The Morgan fingerprint density at radius 3 is 2.03 bits per heavy atom. The monoisotopic (exact) mass is 446 g/mol. The van der Waals surface area contributed by atoms with Gasteiger partial charge in [-0.2, -0.15) is 0 Å². The minimum atomic E-state index is -3.58. The van der Waals surface area contributed by atoms with Crippen LogP contribution in [0.5, 0.6) is 0 Å². The van der Waals surface area contributed by atoms with Crippen LogP contribution in [0.4, 0.5) is 10.5 Å². The molecule has 8 nitrogen and oxygen atoms in total. The number of anilines is 1. The average molecular weight is 447 g/mol. The number of hydrogen-bond acceptors (Lipinski definition) is 6. The van der Waals surface area contributed by atoms with Crippen molar-refractivity contribution in [1.29, 1.82) is 0 Å². The summed E-state index contributed by atoms with van der Waals surface area (Å²) in [5, 5.41) is -0.593. The zero-order valence-electron chi connectivity index (χ0n) is 17.6. The van der Waals surface area contributed by atoms with E-state index in [9.17, 15) is 21.6 Å². The molecule has 29 heavy (non-hydrogen) atoms. The Morgan fingerprint density at radius 2 is 1.62 bits per heavy atom. The van der Waals surface area contributed by atoms with Crippen LogP contribution in [-0.4, -0.2) is 64.6 Å². The van der Waals surface area contributed by atoms with E-state index in [0.29, 0.717) is 31.6 Å². The molecule has 164 valence electrons. The molecule has 1 heterocycles. The second-order valence-corrected chi connectivity index (χ2v) is 12.3. The minimum absolute atomic E-state index is 0.154. The lowest BCUT2D eigenvalue weighted by atomic mass is 10.1. The van der Waals surface area contributed by atoms with Crippen LogP contribution in [0.3, 0.4) is 0 Å². The van der Waals surface area contributed by atoms with Gasteiger partial charge in [0.25, 0.3) is 0 Å². The number of rotatable bonds is 5. The molecule has 1 aromatic carbocycles. The Morgan fingerprint density at radius 1 is 1.10 bits per heavy atom. The number of piperidine rings is 1. The predicted molar refractivity (Wildman–Crippen MR) is 112 cm³/mol. The van der Waals surface area contributed by atoms with Crippen molar-refractivity contribution in [1.82, 2.24) is 4.90 Å². The summed E-state index contributed by atoms with van der Waals surface area (Å²) < 4.78 is 56.2. The highest BCUT2D eigenvalue weighted by atomic mass is 32.2. The number of hydrogen-bond donors (Lipinski definition) is 0. The quantitative estimate of drug-likeness (QED) is 0.689. The van der Waals surface area contributed by atoms with E-state index in [1.54, 1.807) is 27.7 Å². The molecule has 1 amide bonds. The molecule has 1 saturated heterocycles. The van der Waals surface area contributed by atoms with Gasteiger partial charge in [0.05, 0.1) is 22.1 Å². The summed E-state index contributed by atoms with van der Waals surface area (Å²) in [5.41, 5.74) is -0.172. The van der Waals surface area contributed by atoms with Gasteiger partial charge in [-0.25, -0.2) is 21.6 Å². The Balaban J connectivity index is 2.10. The highest BCUT2D eigenvalue weighted by Crippen LogP contribution is 2.27. The number of ether oxygens (including phenoxy) is 1. The average Bonchev–Trinajstić information content (AvgIpc) is 2.60. The molecule has 1 aliphatic rings. The second-order valence-electron chi connectivity index (χ2n) is 8.13. The fourth-order valence-electron chi connectivity index (χ4n) is 3.28. The molecule has 1 fully saturated rings. The highest BCUT2D eigenvalue weighted by Gasteiger charge is 2.34. The maximum Gasteiger partial charge on any atom is 0.410 e. The van der Waals surface area contributed by atoms with Crippen molar-refractivity contribution in [2.75, 3.05) is 30.2 Å². The molecule has 1 aromatic rings. The molecule has 2 rings (SSSR count). The van der Waals surface area contributed by atoms with Crippen molar-refractivity contribution in [3.8, 4) is 0 Å². The molecule has 0 saturated carbocycles. The van der Waals surface area contributed by atoms with Crippen LogP contribution in [0, 0.1) is 0 Å². The first kappa shape index (κ1) is 23.5. The van der Waals surface area contributed by atoms with Crippen LogP contribution in [0.25, 0.3) is 0 Å². The summed E-state index contributed by atoms with van der Waals surface area (Å²) in [6.45, 7) is 7.96. The topological polar surface area (TPSA) is 101 Å². The van der Waals surface area contributed by atoms with Crippen molar-refractivity contribution in [2.24, 2.45) is 0 Å². The van der Waals surface area contributed by atoms with E-state index in [-0.39, 0.29) is 11.4 Å². The number of nitrogens with zero attached hydrogens (tertiary/aromatic N) is 2. The van der Waals surface area contributed by atoms with E-state index < -0.39 is 36.8 Å². The van der Waals surface area contributed by atoms with E-state index in [0.717, 1.165) is 6.26 Å². The van der Waals surface area contributed by atoms with Gasteiger partial charge in [-0.15, -0.1) is 0 Å². The molecule has 0 aromatic heterocycles. The van der Waals surface area contributed by atoms with Gasteiger partial charge >= 0.3 is 6.09 Å². The summed E-state index contributed by atoms with van der Waals surface area (Å²) in [6, 6.07) is 5.90. The van der Waals surface area contributed by atoms with Crippen molar-refractivity contribution >= 4 is 31.6 Å². The number of carbonyl (C=O) groups is 1. The number of carbonyl (C=O) groups excluding carboxylic acids is 1. The molecule has 0 bridgehead atoms. The summed E-state index contributed by atoms with van der Waals surface area (Å²) in [5.74, 6) is 0. The zero-order chi connectivity index (χ0) is 22.0. The summed E-state index contributed by atoms with van der Waals surface area (Å²) >= 11 is 0. The van der Waals surface area contributed by atoms with Crippen molar-refractivity contribution in [2.45, 2.75) is 56.3 Å². The van der Waals surface area contributed by atoms with Gasteiger partial charge in [0.2, 0.25) is 10.0 Å². The van der Waals surface area contributed by atoms with E-state index in [1.807, 2.05) is 0 Å². The largest absolute Gasteiger partial charge is 0.444 e. The number of amides is 1. The van der Waals surface area contributed by atoms with Crippen LogP contribution >= 0.6 is 0 Å². The molecule has 0 N–H and O–H groups in total. The minimum Gasteiger partial charge on any atom is -0.444 e. The molecule has 0 spiro atoms. The van der Waals surface area contributed by atoms with E-state index in [2.05, 4.69) is 0 Å². The molecule has 0 unspecified atom stereocenters. The van der Waals surface area contributed by atoms with Crippen molar-refractivity contribution < 1.29 is 26.4 Å². The Hall–Kier alpha value is -1.81. The van der Waals surface area contributed by atoms with Gasteiger partial charge in [-0.05, 0) is 64.8 Å². The SMILES string of the molecule is CCN(c1ccc(S(=O)(=O)C2CCN(C(=O)OC(C)(C)C)CC2)cc1)S(C)(=O)=O. The normalized spacial score (nSPS) is 16.5. The lowest BCUT2D eigenvalue weighted by Gasteiger charge is -2.33. The fraction of sp³-hybridized carbons (Fsp3) is 0.632. The van der Waals surface area contributed by atoms with Gasteiger partial charge in [0.15, 0.2) is 9.84 Å². The number of likely N-dealkylation sites (tertiary alicyclic amines) is 1. The van der Waals surface area contributed by atoms with Crippen LogP contribution < -0.4 is 4.31 Å². The Kier molecular flexibility index (Phi) is 6.89. The zero-order valence-corrected chi connectivity index (χ0v) is 19.2. The molecule has 0 radical (unpaired) electrons. The number of benzene rings is 1. The molecule has 10 heteroatoms. The van der Waals surface area contributed by atoms with Gasteiger partial charge in [0.1, 0.15) is 5.60 Å². The fourth-order valence-corrected chi connectivity index (χ4v) is 5.98. The van der Waals surface area contributed by atoms with Crippen LogP contribution in [-0.2, 0) is 24.6 Å². The first-order valence-corrected chi connectivity index (χ1v) is 12.9. The maximum absolute atomic E-state index is 13.0. The maximum atomic E-state index is 13.0. The van der Waals surface area contributed by atoms with Crippen molar-refractivity contribution in [3.63, 3.8) is 0 Å². The summed E-state index contributed by atoms with van der Waals surface area (Å²) in [4.78, 5) is 13.8. The van der Waals surface area contributed by atoms with E-state index >= 15 is 0 Å². The predicted octanol–water partition coefficient (Wildman–Crippen LogP) is 2.65. The molecule has 0 atom stereocenters. The van der Waals surface area contributed by atoms with Crippen LogP contribution in [0.1, 0.15) is 40.5 Å². The van der Waals surface area contributed by atoms with Crippen LogP contribution in [0.15, 0.2) is 29.2 Å². The smallest absolute Gasteiger partial charge is 0.410 e. The lowest BCUT2D eigenvalue weighted by Crippen LogP contribution is -2.44. The van der Waals surface area contributed by atoms with E-state index in [1.165, 1.54) is 33.5 Å². The van der Waals surface area contributed by atoms with Gasteiger partial charge in [0, 0.05) is 19.6 Å². The first-order valence-electron chi connectivity index (χ1n) is 9.55. The number of sulfone groups is 1. The second kappa shape index (κ2) is 8.51. The molecular formula is C19H30N2O6S2. The van der Waals surface area contributed by atoms with Gasteiger partial charge in [-0.1, -0.05) is 0 Å². The lowest BCUT2D eigenvalue weighted by molar-refractivity contribution is 0.0217. The van der Waals surface area contributed by atoms with Gasteiger partial charge in [-0.3, -0.25) is 4.31 Å². The Labute approximate surface area is 173 Å². The van der Waals surface area contributed by atoms with Crippen molar-refractivity contribution in [3.05, 3.63) is 24.3 Å². The third-order valence-corrected chi connectivity index (χ3v) is 8.22. The van der Waals surface area contributed by atoms with Crippen LogP contribution in [0.2, 0.25) is 0 Å². The third-order valence-electron chi connectivity index (χ3n) is 4.67. The molecule has 0 aliphatic carbocycles. The Bertz CT molecular complexity index is 926. The molecular weight excluding hydrogens is 416 g/mol.